The van der Waals surface area contributed by atoms with Crippen molar-refractivity contribution < 1.29 is 9.90 Å². The van der Waals surface area contributed by atoms with Crippen LogP contribution in [0.15, 0.2) is 30.3 Å². The van der Waals surface area contributed by atoms with E-state index >= 15 is 0 Å². The van der Waals surface area contributed by atoms with Crippen molar-refractivity contribution in [2.45, 2.75) is 51.0 Å². The van der Waals surface area contributed by atoms with Crippen molar-refractivity contribution >= 4 is 5.91 Å². The number of benzene rings is 1. The molecule has 3 heteroatoms. The summed E-state index contributed by atoms with van der Waals surface area (Å²) in [5.74, 6) is 0.149. The Kier molecular flexibility index (Phi) is 4.81. The number of nitrogens with zero attached hydrogens (tertiary/aromatic N) is 1. The SMILES string of the molecule is CCC(C(=O)N1CCCC(C)(O)CC1)c1ccccc1. The minimum atomic E-state index is -0.622. The van der Waals surface area contributed by atoms with Gasteiger partial charge in [0.2, 0.25) is 5.91 Å². The van der Waals surface area contributed by atoms with Crippen LogP contribution in [0.1, 0.15) is 51.0 Å². The van der Waals surface area contributed by atoms with Crippen LogP contribution in [-0.2, 0) is 4.79 Å². The van der Waals surface area contributed by atoms with Crippen molar-refractivity contribution in [2.75, 3.05) is 13.1 Å². The molecule has 0 radical (unpaired) electrons. The van der Waals surface area contributed by atoms with Crippen LogP contribution in [0, 0.1) is 0 Å². The van der Waals surface area contributed by atoms with Crippen LogP contribution in [0.3, 0.4) is 0 Å². The lowest BCUT2D eigenvalue weighted by molar-refractivity contribution is -0.133. The van der Waals surface area contributed by atoms with Crippen molar-refractivity contribution in [1.82, 2.24) is 4.90 Å². The molecule has 0 bridgehead atoms. The van der Waals surface area contributed by atoms with E-state index in [1.54, 1.807) is 0 Å². The van der Waals surface area contributed by atoms with E-state index < -0.39 is 5.60 Å². The van der Waals surface area contributed by atoms with Crippen molar-refractivity contribution in [3.63, 3.8) is 0 Å². The number of carbonyl (C=O) groups excluding carboxylic acids is 1. The number of rotatable bonds is 3. The van der Waals surface area contributed by atoms with E-state index in [9.17, 15) is 9.90 Å². The second-order valence-corrected chi connectivity index (χ2v) is 6.05. The molecule has 1 heterocycles. The van der Waals surface area contributed by atoms with Crippen LogP contribution in [0.2, 0.25) is 0 Å². The fourth-order valence-corrected chi connectivity index (χ4v) is 2.94. The maximum atomic E-state index is 12.7. The van der Waals surface area contributed by atoms with Crippen LogP contribution in [0.25, 0.3) is 0 Å². The molecule has 20 heavy (non-hydrogen) atoms. The van der Waals surface area contributed by atoms with Crippen LogP contribution >= 0.6 is 0 Å². The average molecular weight is 275 g/mol. The van der Waals surface area contributed by atoms with Gasteiger partial charge in [0.25, 0.3) is 0 Å². The molecule has 1 aromatic carbocycles. The Balaban J connectivity index is 2.09. The molecule has 1 aliphatic rings. The van der Waals surface area contributed by atoms with E-state index in [0.29, 0.717) is 13.0 Å². The van der Waals surface area contributed by atoms with E-state index in [1.807, 2.05) is 42.2 Å². The molecule has 2 rings (SSSR count). The zero-order chi connectivity index (χ0) is 14.6. The van der Waals surface area contributed by atoms with Gasteiger partial charge in [-0.05, 0) is 38.2 Å². The van der Waals surface area contributed by atoms with Gasteiger partial charge in [-0.15, -0.1) is 0 Å². The largest absolute Gasteiger partial charge is 0.390 e. The zero-order valence-electron chi connectivity index (χ0n) is 12.5. The Labute approximate surface area is 121 Å². The third-order valence-electron chi connectivity index (χ3n) is 4.28. The van der Waals surface area contributed by atoms with E-state index in [0.717, 1.165) is 31.4 Å². The fourth-order valence-electron chi connectivity index (χ4n) is 2.94. The van der Waals surface area contributed by atoms with Gasteiger partial charge in [-0.3, -0.25) is 4.79 Å². The predicted molar refractivity (Wildman–Crippen MR) is 80.5 cm³/mol. The number of aliphatic hydroxyl groups is 1. The van der Waals surface area contributed by atoms with Gasteiger partial charge in [-0.1, -0.05) is 37.3 Å². The Hall–Kier alpha value is -1.35. The summed E-state index contributed by atoms with van der Waals surface area (Å²) in [7, 11) is 0. The summed E-state index contributed by atoms with van der Waals surface area (Å²) in [6, 6.07) is 10.0. The molecule has 1 fully saturated rings. The lowest BCUT2D eigenvalue weighted by atomic mass is 9.95. The quantitative estimate of drug-likeness (QED) is 0.921. The Morgan fingerprint density at radius 2 is 2.00 bits per heavy atom. The Morgan fingerprint density at radius 1 is 1.30 bits per heavy atom. The molecule has 0 aliphatic carbocycles. The molecule has 0 saturated carbocycles. The molecular weight excluding hydrogens is 250 g/mol. The number of amides is 1. The van der Waals surface area contributed by atoms with Gasteiger partial charge < -0.3 is 10.0 Å². The third kappa shape index (κ3) is 3.60. The average Bonchev–Trinajstić information content (AvgIpc) is 2.61. The molecule has 2 atom stereocenters. The first-order chi connectivity index (χ1) is 9.53. The van der Waals surface area contributed by atoms with Gasteiger partial charge in [-0.25, -0.2) is 0 Å². The van der Waals surface area contributed by atoms with E-state index in [4.69, 9.17) is 0 Å². The van der Waals surface area contributed by atoms with Crippen molar-refractivity contribution in [2.24, 2.45) is 0 Å². The Morgan fingerprint density at radius 3 is 2.65 bits per heavy atom. The molecule has 1 aliphatic heterocycles. The molecule has 1 N–H and O–H groups in total. The van der Waals surface area contributed by atoms with E-state index in [1.165, 1.54) is 0 Å². The lowest BCUT2D eigenvalue weighted by Crippen LogP contribution is -2.36. The summed E-state index contributed by atoms with van der Waals surface area (Å²) in [6.07, 6.45) is 3.14. The topological polar surface area (TPSA) is 40.5 Å². The Bertz CT molecular complexity index is 442. The van der Waals surface area contributed by atoms with Crippen molar-refractivity contribution in [3.05, 3.63) is 35.9 Å². The summed E-state index contributed by atoms with van der Waals surface area (Å²) in [4.78, 5) is 14.7. The number of hydrogen-bond donors (Lipinski definition) is 1. The third-order valence-corrected chi connectivity index (χ3v) is 4.28. The molecule has 1 saturated heterocycles. The summed E-state index contributed by atoms with van der Waals surface area (Å²) >= 11 is 0. The van der Waals surface area contributed by atoms with Crippen molar-refractivity contribution in [3.8, 4) is 0 Å². The first-order valence-electron chi connectivity index (χ1n) is 7.59. The lowest BCUT2D eigenvalue weighted by Gasteiger charge is -2.26. The maximum absolute atomic E-state index is 12.7. The molecule has 0 aromatic heterocycles. The first kappa shape index (κ1) is 15.0. The zero-order valence-corrected chi connectivity index (χ0v) is 12.5. The molecule has 110 valence electrons. The first-order valence-corrected chi connectivity index (χ1v) is 7.59. The molecule has 2 unspecified atom stereocenters. The smallest absolute Gasteiger partial charge is 0.230 e. The monoisotopic (exact) mass is 275 g/mol. The van der Waals surface area contributed by atoms with Gasteiger partial charge in [0.1, 0.15) is 0 Å². The van der Waals surface area contributed by atoms with Crippen LogP contribution in [-0.4, -0.2) is 34.6 Å². The fraction of sp³-hybridized carbons (Fsp3) is 0.588. The van der Waals surface area contributed by atoms with E-state index in [-0.39, 0.29) is 11.8 Å². The number of likely N-dealkylation sites (tertiary alicyclic amines) is 1. The maximum Gasteiger partial charge on any atom is 0.230 e. The van der Waals surface area contributed by atoms with Crippen LogP contribution in [0.5, 0.6) is 0 Å². The summed E-state index contributed by atoms with van der Waals surface area (Å²) in [6.45, 7) is 5.35. The second kappa shape index (κ2) is 6.40. The highest BCUT2D eigenvalue weighted by Gasteiger charge is 2.30. The second-order valence-electron chi connectivity index (χ2n) is 6.05. The van der Waals surface area contributed by atoms with E-state index in [2.05, 4.69) is 6.92 Å². The minimum Gasteiger partial charge on any atom is -0.390 e. The number of carbonyl (C=O) groups is 1. The highest BCUT2D eigenvalue weighted by Crippen LogP contribution is 2.26. The normalized spacial score (nSPS) is 25.1. The molecule has 1 amide bonds. The minimum absolute atomic E-state index is 0.0563. The van der Waals surface area contributed by atoms with Crippen LogP contribution in [0.4, 0.5) is 0 Å². The van der Waals surface area contributed by atoms with Gasteiger partial charge in [-0.2, -0.15) is 0 Å². The van der Waals surface area contributed by atoms with Gasteiger partial charge in [0.05, 0.1) is 11.5 Å². The van der Waals surface area contributed by atoms with Crippen LogP contribution < -0.4 is 0 Å². The number of hydrogen-bond acceptors (Lipinski definition) is 2. The van der Waals surface area contributed by atoms with Crippen molar-refractivity contribution in [1.29, 1.82) is 0 Å². The highest BCUT2D eigenvalue weighted by molar-refractivity contribution is 5.83. The molecule has 0 spiro atoms. The standard InChI is InChI=1S/C17H25NO2/c1-3-15(14-8-5-4-6-9-14)16(19)18-12-7-10-17(2,20)11-13-18/h4-6,8-9,15,20H,3,7,10-13H2,1-2H3. The predicted octanol–water partition coefficient (Wildman–Crippen LogP) is 2.94. The molecular formula is C17H25NO2. The molecule has 1 aromatic rings. The van der Waals surface area contributed by atoms with Gasteiger partial charge in [0.15, 0.2) is 0 Å². The summed E-state index contributed by atoms with van der Waals surface area (Å²) < 4.78 is 0. The molecule has 3 nitrogen and oxygen atoms in total. The van der Waals surface area contributed by atoms with Gasteiger partial charge >= 0.3 is 0 Å². The summed E-state index contributed by atoms with van der Waals surface area (Å²) in [5, 5.41) is 10.1. The highest BCUT2D eigenvalue weighted by atomic mass is 16.3. The summed E-state index contributed by atoms with van der Waals surface area (Å²) in [5.41, 5.74) is 0.472. The van der Waals surface area contributed by atoms with Gasteiger partial charge in [0, 0.05) is 13.1 Å².